The number of ether oxygens (including phenoxy) is 1. The number of halogens is 2. The van der Waals surface area contributed by atoms with Crippen LogP contribution in [0.4, 0.5) is 0 Å². The third kappa shape index (κ3) is 2.31. The average molecular weight is 335 g/mol. The highest BCUT2D eigenvalue weighted by atomic mass is 35.5. The van der Waals surface area contributed by atoms with Crippen molar-refractivity contribution in [3.05, 3.63) is 58.7 Å². The van der Waals surface area contributed by atoms with Crippen LogP contribution in [-0.4, -0.2) is 10.5 Å². The number of benzene rings is 2. The molecule has 3 rings (SSSR count). The molecule has 22 heavy (non-hydrogen) atoms. The zero-order valence-electron chi connectivity index (χ0n) is 11.9. The molecule has 0 fully saturated rings. The molecule has 1 aliphatic heterocycles. The van der Waals surface area contributed by atoms with E-state index in [2.05, 4.69) is 13.8 Å². The maximum absolute atomic E-state index is 11.3. The van der Waals surface area contributed by atoms with E-state index in [-0.39, 0.29) is 5.41 Å². The highest BCUT2D eigenvalue weighted by Crippen LogP contribution is 2.48. The van der Waals surface area contributed by atoms with Gasteiger partial charge in [0.2, 0.25) is 0 Å². The maximum Gasteiger partial charge on any atom is 0.252 e. The van der Waals surface area contributed by atoms with Crippen LogP contribution in [0.5, 0.6) is 11.5 Å². The van der Waals surface area contributed by atoms with E-state index in [4.69, 9.17) is 27.9 Å². The SMILES string of the molecule is CC1(C)c2ccc(C(=O)Cl)cc2Oc2cc(C(=O)Cl)ccc21. The number of fused-ring (bicyclic) bond motifs is 2. The first-order chi connectivity index (χ1) is 10.3. The summed E-state index contributed by atoms with van der Waals surface area (Å²) in [5, 5.41) is -1.08. The molecule has 2 aromatic rings. The van der Waals surface area contributed by atoms with Crippen molar-refractivity contribution in [2.45, 2.75) is 19.3 Å². The second kappa shape index (κ2) is 5.11. The van der Waals surface area contributed by atoms with Gasteiger partial charge < -0.3 is 4.74 Å². The summed E-state index contributed by atoms with van der Waals surface area (Å²) < 4.78 is 5.87. The number of hydrogen-bond acceptors (Lipinski definition) is 3. The van der Waals surface area contributed by atoms with E-state index in [1.165, 1.54) is 0 Å². The predicted molar refractivity (Wildman–Crippen MR) is 85.5 cm³/mol. The molecule has 0 N–H and O–H groups in total. The topological polar surface area (TPSA) is 43.4 Å². The highest BCUT2D eigenvalue weighted by molar-refractivity contribution is 6.68. The summed E-state index contributed by atoms with van der Waals surface area (Å²) in [7, 11) is 0. The summed E-state index contributed by atoms with van der Waals surface area (Å²) in [6.45, 7) is 4.11. The molecule has 0 radical (unpaired) electrons. The van der Waals surface area contributed by atoms with Crippen molar-refractivity contribution in [1.82, 2.24) is 0 Å². The lowest BCUT2D eigenvalue weighted by Crippen LogP contribution is -2.24. The molecule has 5 heteroatoms. The Hall–Kier alpha value is -1.84. The molecular formula is C17H12Cl2O3. The summed E-state index contributed by atoms with van der Waals surface area (Å²) in [5.41, 5.74) is 2.30. The van der Waals surface area contributed by atoms with Gasteiger partial charge in [0, 0.05) is 27.7 Å². The lowest BCUT2D eigenvalue weighted by molar-refractivity contribution is 0.107. The minimum Gasteiger partial charge on any atom is -0.457 e. The van der Waals surface area contributed by atoms with Crippen molar-refractivity contribution < 1.29 is 14.3 Å². The molecule has 0 amide bonds. The van der Waals surface area contributed by atoms with Crippen LogP contribution in [0.2, 0.25) is 0 Å². The van der Waals surface area contributed by atoms with Gasteiger partial charge in [-0.2, -0.15) is 0 Å². The normalized spacial score (nSPS) is 14.5. The number of hydrogen-bond donors (Lipinski definition) is 0. The van der Waals surface area contributed by atoms with Gasteiger partial charge in [-0.3, -0.25) is 9.59 Å². The molecule has 112 valence electrons. The van der Waals surface area contributed by atoms with Gasteiger partial charge in [0.15, 0.2) is 0 Å². The van der Waals surface area contributed by atoms with Crippen molar-refractivity contribution in [3.8, 4) is 11.5 Å². The fraction of sp³-hybridized carbons (Fsp3) is 0.176. The Kier molecular flexibility index (Phi) is 3.50. The van der Waals surface area contributed by atoms with Gasteiger partial charge in [-0.15, -0.1) is 0 Å². The molecule has 0 aromatic heterocycles. The molecule has 0 saturated heterocycles. The molecular weight excluding hydrogens is 323 g/mol. The predicted octanol–water partition coefficient (Wildman–Crippen LogP) is 4.88. The zero-order chi connectivity index (χ0) is 16.1. The van der Waals surface area contributed by atoms with Crippen LogP contribution in [0.15, 0.2) is 36.4 Å². The molecule has 0 atom stereocenters. The lowest BCUT2D eigenvalue weighted by Gasteiger charge is -2.34. The monoisotopic (exact) mass is 334 g/mol. The Morgan fingerprint density at radius 1 is 0.864 bits per heavy atom. The molecule has 0 unspecified atom stereocenters. The lowest BCUT2D eigenvalue weighted by atomic mass is 9.75. The molecule has 0 bridgehead atoms. The quantitative estimate of drug-likeness (QED) is 0.735. The summed E-state index contributed by atoms with van der Waals surface area (Å²) in [6.07, 6.45) is 0. The molecule has 1 aliphatic rings. The summed E-state index contributed by atoms with van der Waals surface area (Å²) in [5.74, 6) is 1.12. The largest absolute Gasteiger partial charge is 0.457 e. The number of rotatable bonds is 2. The van der Waals surface area contributed by atoms with Gasteiger partial charge in [-0.1, -0.05) is 26.0 Å². The highest BCUT2D eigenvalue weighted by Gasteiger charge is 2.34. The first-order valence-electron chi connectivity index (χ1n) is 6.67. The van der Waals surface area contributed by atoms with E-state index in [0.29, 0.717) is 22.6 Å². The van der Waals surface area contributed by atoms with Gasteiger partial charge >= 0.3 is 0 Å². The van der Waals surface area contributed by atoms with Crippen molar-refractivity contribution >= 4 is 33.7 Å². The smallest absolute Gasteiger partial charge is 0.252 e. The van der Waals surface area contributed by atoms with Crippen molar-refractivity contribution in [1.29, 1.82) is 0 Å². The number of carbonyl (C=O) groups excluding carboxylic acids is 2. The third-order valence-electron chi connectivity index (χ3n) is 3.98. The van der Waals surface area contributed by atoms with Gasteiger partial charge in [-0.25, -0.2) is 0 Å². The van der Waals surface area contributed by atoms with E-state index >= 15 is 0 Å². The van der Waals surface area contributed by atoms with Crippen LogP contribution in [0, 0.1) is 0 Å². The Balaban J connectivity index is 2.18. The van der Waals surface area contributed by atoms with Crippen LogP contribution >= 0.6 is 23.2 Å². The fourth-order valence-corrected chi connectivity index (χ4v) is 2.99. The van der Waals surface area contributed by atoms with Gasteiger partial charge in [0.25, 0.3) is 10.5 Å². The van der Waals surface area contributed by atoms with Crippen LogP contribution < -0.4 is 4.74 Å². The van der Waals surface area contributed by atoms with E-state index < -0.39 is 10.5 Å². The molecule has 2 aromatic carbocycles. The van der Waals surface area contributed by atoms with Crippen LogP contribution in [-0.2, 0) is 5.41 Å². The standard InChI is InChI=1S/C17H12Cl2O3/c1-17(2)11-5-3-9(15(18)20)7-13(11)22-14-8-10(16(19)21)4-6-12(14)17/h3-8H,1-2H3. The summed E-state index contributed by atoms with van der Waals surface area (Å²) >= 11 is 11.1. The van der Waals surface area contributed by atoms with Gasteiger partial charge in [0.05, 0.1) is 0 Å². The molecule has 0 saturated carbocycles. The van der Waals surface area contributed by atoms with E-state index in [1.807, 2.05) is 12.1 Å². The second-order valence-corrected chi connectivity index (χ2v) is 6.38. The average Bonchev–Trinajstić information content (AvgIpc) is 2.46. The molecule has 0 spiro atoms. The van der Waals surface area contributed by atoms with Crippen molar-refractivity contribution in [3.63, 3.8) is 0 Å². The summed E-state index contributed by atoms with van der Waals surface area (Å²) in [6, 6.07) is 10.3. The Morgan fingerprint density at radius 3 is 1.64 bits per heavy atom. The Bertz CT molecular complexity index is 744. The van der Waals surface area contributed by atoms with E-state index in [9.17, 15) is 9.59 Å². The molecule has 1 heterocycles. The minimum absolute atomic E-state index is 0.329. The Morgan fingerprint density at radius 2 is 1.27 bits per heavy atom. The number of carbonyl (C=O) groups is 2. The van der Waals surface area contributed by atoms with Crippen LogP contribution in [0.1, 0.15) is 45.7 Å². The van der Waals surface area contributed by atoms with Crippen LogP contribution in [0.25, 0.3) is 0 Å². The Labute approximate surface area is 137 Å². The van der Waals surface area contributed by atoms with Crippen molar-refractivity contribution in [2.24, 2.45) is 0 Å². The maximum atomic E-state index is 11.3. The van der Waals surface area contributed by atoms with Gasteiger partial charge in [-0.05, 0) is 47.5 Å². The first kappa shape index (κ1) is 15.1. The zero-order valence-corrected chi connectivity index (χ0v) is 13.5. The van der Waals surface area contributed by atoms with E-state index in [0.717, 1.165) is 11.1 Å². The molecule has 3 nitrogen and oxygen atoms in total. The molecule has 0 aliphatic carbocycles. The van der Waals surface area contributed by atoms with Gasteiger partial charge in [0.1, 0.15) is 11.5 Å². The fourth-order valence-electron chi connectivity index (χ4n) is 2.75. The van der Waals surface area contributed by atoms with E-state index in [1.54, 1.807) is 24.3 Å². The third-order valence-corrected chi connectivity index (χ3v) is 4.42. The second-order valence-electron chi connectivity index (χ2n) is 5.70. The van der Waals surface area contributed by atoms with Crippen molar-refractivity contribution in [2.75, 3.05) is 0 Å². The first-order valence-corrected chi connectivity index (χ1v) is 7.43. The van der Waals surface area contributed by atoms with Crippen LogP contribution in [0.3, 0.4) is 0 Å². The summed E-state index contributed by atoms with van der Waals surface area (Å²) in [4.78, 5) is 22.7. The minimum atomic E-state index is -0.542.